The third-order valence-corrected chi connectivity index (χ3v) is 4.00. The van der Waals surface area contributed by atoms with Crippen LogP contribution in [0.5, 0.6) is 0 Å². The zero-order chi connectivity index (χ0) is 16.5. The molecule has 0 aliphatic heterocycles. The van der Waals surface area contributed by atoms with E-state index in [4.69, 9.17) is 0 Å². The Balaban J connectivity index is 2.20. The number of aliphatic hydroxyl groups is 1. The molecule has 9 heteroatoms. The standard InChI is InChI=1S/C13H13F3N2O3S/c1-22(20,21)12-17-6-7-18(12)8-11(19)9-2-4-10(5-3-9)13(14,15)16/h2-7,11,19H,8H2,1H3. The van der Waals surface area contributed by atoms with Crippen molar-refractivity contribution in [3.8, 4) is 0 Å². The van der Waals surface area contributed by atoms with Gasteiger partial charge in [0.25, 0.3) is 0 Å². The van der Waals surface area contributed by atoms with Crippen molar-refractivity contribution < 1.29 is 26.7 Å². The first-order chi connectivity index (χ1) is 10.1. The molecule has 1 N–H and O–H groups in total. The molecule has 2 rings (SSSR count). The molecule has 1 heterocycles. The number of benzene rings is 1. The molecule has 5 nitrogen and oxygen atoms in total. The zero-order valence-corrected chi connectivity index (χ0v) is 12.3. The number of aliphatic hydroxyl groups excluding tert-OH is 1. The molecule has 0 aliphatic rings. The van der Waals surface area contributed by atoms with Crippen LogP contribution in [-0.4, -0.2) is 29.3 Å². The van der Waals surface area contributed by atoms with Crippen LogP contribution in [0.3, 0.4) is 0 Å². The van der Waals surface area contributed by atoms with Gasteiger partial charge in [0.2, 0.25) is 15.0 Å². The summed E-state index contributed by atoms with van der Waals surface area (Å²) in [4.78, 5) is 3.70. The SMILES string of the molecule is CS(=O)(=O)c1nccn1CC(O)c1ccc(C(F)(F)F)cc1. The Morgan fingerprint density at radius 2 is 1.86 bits per heavy atom. The van der Waals surface area contributed by atoms with Gasteiger partial charge in [-0.3, -0.25) is 0 Å². The van der Waals surface area contributed by atoms with Crippen molar-refractivity contribution in [1.29, 1.82) is 0 Å². The van der Waals surface area contributed by atoms with Gasteiger partial charge in [0.15, 0.2) is 0 Å². The fourth-order valence-electron chi connectivity index (χ4n) is 1.95. The second-order valence-corrected chi connectivity index (χ2v) is 6.68. The fraction of sp³-hybridized carbons (Fsp3) is 0.308. The van der Waals surface area contributed by atoms with E-state index in [0.717, 1.165) is 30.5 Å². The molecule has 1 aromatic carbocycles. The summed E-state index contributed by atoms with van der Waals surface area (Å²) in [5.41, 5.74) is -0.566. The van der Waals surface area contributed by atoms with Crippen LogP contribution in [0.4, 0.5) is 13.2 Å². The molecule has 0 saturated carbocycles. The van der Waals surface area contributed by atoms with E-state index >= 15 is 0 Å². The quantitative estimate of drug-likeness (QED) is 0.929. The first-order valence-electron chi connectivity index (χ1n) is 6.15. The van der Waals surface area contributed by atoms with Gasteiger partial charge >= 0.3 is 6.18 Å². The predicted octanol–water partition coefficient (Wildman–Crippen LogP) is 2.04. The lowest BCUT2D eigenvalue weighted by Crippen LogP contribution is -2.14. The van der Waals surface area contributed by atoms with Crippen molar-refractivity contribution in [1.82, 2.24) is 9.55 Å². The van der Waals surface area contributed by atoms with E-state index in [1.165, 1.54) is 17.0 Å². The first-order valence-corrected chi connectivity index (χ1v) is 8.04. The summed E-state index contributed by atoms with van der Waals surface area (Å²) in [5, 5.41) is 9.84. The normalized spacial score (nSPS) is 14.0. The van der Waals surface area contributed by atoms with Gasteiger partial charge in [0, 0.05) is 18.6 Å². The number of imidazole rings is 1. The highest BCUT2D eigenvalue weighted by atomic mass is 32.2. The van der Waals surface area contributed by atoms with Crippen molar-refractivity contribution in [3.05, 3.63) is 47.8 Å². The fourth-order valence-corrected chi connectivity index (χ4v) is 2.76. The van der Waals surface area contributed by atoms with Gasteiger partial charge in [-0.25, -0.2) is 13.4 Å². The van der Waals surface area contributed by atoms with Crippen molar-refractivity contribution in [2.45, 2.75) is 24.0 Å². The molecule has 1 aromatic heterocycles. The number of hydrogen-bond acceptors (Lipinski definition) is 4. The number of aromatic nitrogens is 2. The van der Waals surface area contributed by atoms with E-state index in [0.29, 0.717) is 0 Å². The Morgan fingerprint density at radius 1 is 1.27 bits per heavy atom. The highest BCUT2D eigenvalue weighted by Crippen LogP contribution is 2.30. The summed E-state index contributed by atoms with van der Waals surface area (Å²) >= 11 is 0. The Bertz CT molecular complexity index is 752. The van der Waals surface area contributed by atoms with E-state index in [-0.39, 0.29) is 17.3 Å². The van der Waals surface area contributed by atoms with Crippen molar-refractivity contribution in [2.24, 2.45) is 0 Å². The molecule has 2 aromatic rings. The van der Waals surface area contributed by atoms with Crippen LogP contribution in [0, 0.1) is 0 Å². The minimum atomic E-state index is -4.45. The van der Waals surface area contributed by atoms with Gasteiger partial charge in [-0.2, -0.15) is 13.2 Å². The Hall–Kier alpha value is -1.87. The largest absolute Gasteiger partial charge is 0.416 e. The smallest absolute Gasteiger partial charge is 0.387 e. The molecule has 1 atom stereocenters. The highest BCUT2D eigenvalue weighted by Gasteiger charge is 2.30. The van der Waals surface area contributed by atoms with Crippen LogP contribution in [0.15, 0.2) is 41.8 Å². The molecule has 0 saturated heterocycles. The van der Waals surface area contributed by atoms with E-state index < -0.39 is 27.7 Å². The number of hydrogen-bond donors (Lipinski definition) is 1. The molecule has 0 spiro atoms. The molecule has 0 fully saturated rings. The van der Waals surface area contributed by atoms with Gasteiger partial charge in [-0.05, 0) is 17.7 Å². The van der Waals surface area contributed by atoms with E-state index in [1.807, 2.05) is 0 Å². The summed E-state index contributed by atoms with van der Waals surface area (Å²) in [6.07, 6.45) is -1.97. The maximum Gasteiger partial charge on any atom is 0.416 e. The van der Waals surface area contributed by atoms with Crippen LogP contribution in [0.1, 0.15) is 17.2 Å². The van der Waals surface area contributed by atoms with Crippen LogP contribution < -0.4 is 0 Å². The van der Waals surface area contributed by atoms with Crippen LogP contribution in [0.2, 0.25) is 0 Å². The molecule has 22 heavy (non-hydrogen) atoms. The molecule has 1 unspecified atom stereocenters. The molecule has 0 bridgehead atoms. The lowest BCUT2D eigenvalue weighted by atomic mass is 10.1. The second-order valence-electron chi connectivity index (χ2n) is 4.77. The van der Waals surface area contributed by atoms with Crippen molar-refractivity contribution in [3.63, 3.8) is 0 Å². The summed E-state index contributed by atoms with van der Waals surface area (Å²) in [6.45, 7) is -0.131. The van der Waals surface area contributed by atoms with Crippen LogP contribution in [0.25, 0.3) is 0 Å². The maximum atomic E-state index is 12.5. The van der Waals surface area contributed by atoms with E-state index in [2.05, 4.69) is 4.98 Å². The summed E-state index contributed by atoms with van der Waals surface area (Å²) in [5.74, 6) is 0. The number of alkyl halides is 3. The molecule has 0 radical (unpaired) electrons. The topological polar surface area (TPSA) is 72.2 Å². The number of halogens is 3. The Morgan fingerprint density at radius 3 is 2.36 bits per heavy atom. The van der Waals surface area contributed by atoms with Gasteiger partial charge in [0.05, 0.1) is 18.2 Å². The molecular weight excluding hydrogens is 321 g/mol. The monoisotopic (exact) mass is 334 g/mol. The lowest BCUT2D eigenvalue weighted by molar-refractivity contribution is -0.137. The molecule has 0 aliphatic carbocycles. The third-order valence-electron chi connectivity index (χ3n) is 3.00. The van der Waals surface area contributed by atoms with Gasteiger partial charge in [-0.15, -0.1) is 0 Å². The van der Waals surface area contributed by atoms with Crippen LogP contribution in [-0.2, 0) is 22.6 Å². The average molecular weight is 334 g/mol. The Labute approximate surface area is 125 Å². The van der Waals surface area contributed by atoms with E-state index in [9.17, 15) is 26.7 Å². The van der Waals surface area contributed by atoms with Gasteiger partial charge in [0.1, 0.15) is 0 Å². The van der Waals surface area contributed by atoms with Gasteiger partial charge < -0.3 is 9.67 Å². The summed E-state index contributed by atoms with van der Waals surface area (Å²) in [7, 11) is -3.55. The van der Waals surface area contributed by atoms with Gasteiger partial charge in [-0.1, -0.05) is 12.1 Å². The number of rotatable bonds is 4. The van der Waals surface area contributed by atoms with Crippen molar-refractivity contribution >= 4 is 9.84 Å². The summed E-state index contributed by atoms with van der Waals surface area (Å²) < 4.78 is 61.6. The maximum absolute atomic E-state index is 12.5. The van der Waals surface area contributed by atoms with Crippen LogP contribution >= 0.6 is 0 Å². The highest BCUT2D eigenvalue weighted by molar-refractivity contribution is 7.90. The predicted molar refractivity (Wildman–Crippen MR) is 71.7 cm³/mol. The first kappa shape index (κ1) is 16.5. The third kappa shape index (κ3) is 3.66. The minimum absolute atomic E-state index is 0.131. The second kappa shape index (κ2) is 5.73. The minimum Gasteiger partial charge on any atom is -0.387 e. The summed E-state index contributed by atoms with van der Waals surface area (Å²) in [6, 6.07) is 4.04. The Kier molecular flexibility index (Phi) is 4.30. The van der Waals surface area contributed by atoms with Crippen molar-refractivity contribution in [2.75, 3.05) is 6.26 Å². The molecule has 120 valence electrons. The average Bonchev–Trinajstić information content (AvgIpc) is 2.86. The number of sulfone groups is 1. The molecular formula is C13H13F3N2O3S. The van der Waals surface area contributed by atoms with E-state index in [1.54, 1.807) is 0 Å². The molecule has 0 amide bonds. The zero-order valence-electron chi connectivity index (χ0n) is 11.4. The lowest BCUT2D eigenvalue weighted by Gasteiger charge is -2.14. The number of nitrogens with zero attached hydrogens (tertiary/aromatic N) is 2.